The fourth-order valence-electron chi connectivity index (χ4n) is 5.58. The fraction of sp³-hybridized carbons (Fsp3) is 0.0857. The van der Waals surface area contributed by atoms with Crippen LogP contribution in [0.2, 0.25) is 0 Å². The number of rotatable bonds is 6. The summed E-state index contributed by atoms with van der Waals surface area (Å²) in [5, 5.41) is 0. The molecule has 2 aliphatic rings. The zero-order chi connectivity index (χ0) is 27.6. The van der Waals surface area contributed by atoms with Crippen molar-refractivity contribution < 1.29 is 0 Å². The van der Waals surface area contributed by atoms with Gasteiger partial charge in [0.1, 0.15) is 5.65 Å². The molecule has 0 amide bonds. The standard InChI is InChI=1S/C35H30N6/c1-36-31(25-38-18-6-2-7-19-38)27-11-9-13-29(23-27)40-21-22-41(34-16-4-3-15-33(34)40)30-14-10-12-28(24-30)32-26-39-20-8-5-17-35(39)37-32/h2-18,20,23-26H,1,19,21-22H2/b31-25-. The number of para-hydroxylation sites is 2. The van der Waals surface area contributed by atoms with Gasteiger partial charge in [0.15, 0.2) is 0 Å². The van der Waals surface area contributed by atoms with Crippen molar-refractivity contribution in [3.63, 3.8) is 0 Å². The molecule has 0 atom stereocenters. The minimum atomic E-state index is 0.822. The van der Waals surface area contributed by atoms with Crippen molar-refractivity contribution in [3.05, 3.63) is 140 Å². The Morgan fingerprint density at radius 1 is 0.805 bits per heavy atom. The fourth-order valence-corrected chi connectivity index (χ4v) is 5.58. The number of pyridine rings is 1. The van der Waals surface area contributed by atoms with E-state index in [4.69, 9.17) is 4.98 Å². The monoisotopic (exact) mass is 534 g/mol. The number of imidazole rings is 1. The van der Waals surface area contributed by atoms with Crippen molar-refractivity contribution >= 4 is 40.8 Å². The highest BCUT2D eigenvalue weighted by Crippen LogP contribution is 2.42. The molecule has 5 aromatic rings. The van der Waals surface area contributed by atoms with Crippen LogP contribution in [0.4, 0.5) is 22.7 Å². The summed E-state index contributed by atoms with van der Waals surface area (Å²) in [5.41, 5.74) is 9.56. The molecule has 3 aromatic carbocycles. The third-order valence-electron chi connectivity index (χ3n) is 7.58. The lowest BCUT2D eigenvalue weighted by molar-refractivity contribution is 0.561. The second-order valence-corrected chi connectivity index (χ2v) is 10.1. The lowest BCUT2D eigenvalue weighted by Gasteiger charge is -2.39. The molecule has 4 heterocycles. The van der Waals surface area contributed by atoms with Crippen LogP contribution < -0.4 is 9.80 Å². The Hall–Kier alpha value is -5.36. The van der Waals surface area contributed by atoms with E-state index < -0.39 is 0 Å². The van der Waals surface area contributed by atoms with Crippen LogP contribution in [0, 0.1) is 0 Å². The van der Waals surface area contributed by atoms with E-state index in [1.807, 2.05) is 36.7 Å². The van der Waals surface area contributed by atoms with E-state index in [0.717, 1.165) is 59.2 Å². The number of hydrogen-bond acceptors (Lipinski definition) is 5. The van der Waals surface area contributed by atoms with Crippen LogP contribution in [-0.2, 0) is 0 Å². The van der Waals surface area contributed by atoms with E-state index in [1.165, 1.54) is 11.4 Å². The Bertz CT molecular complexity index is 1790. The van der Waals surface area contributed by atoms with Crippen LogP contribution in [0.5, 0.6) is 0 Å². The third kappa shape index (κ3) is 4.80. The Labute approximate surface area is 240 Å². The number of hydrogen-bond donors (Lipinski definition) is 0. The van der Waals surface area contributed by atoms with Gasteiger partial charge >= 0.3 is 0 Å². The van der Waals surface area contributed by atoms with Gasteiger partial charge in [-0.2, -0.15) is 0 Å². The van der Waals surface area contributed by atoms with Gasteiger partial charge in [0.25, 0.3) is 0 Å². The molecule has 2 aromatic heterocycles. The molecule has 7 rings (SSSR count). The van der Waals surface area contributed by atoms with E-state index in [0.29, 0.717) is 0 Å². The number of allylic oxidation sites excluding steroid dienone is 2. The van der Waals surface area contributed by atoms with Crippen LogP contribution in [0.1, 0.15) is 5.56 Å². The number of anilines is 4. The molecular weight excluding hydrogens is 504 g/mol. The zero-order valence-corrected chi connectivity index (χ0v) is 22.7. The molecule has 0 fully saturated rings. The number of nitrogens with zero attached hydrogens (tertiary/aromatic N) is 6. The van der Waals surface area contributed by atoms with E-state index in [-0.39, 0.29) is 0 Å². The summed E-state index contributed by atoms with van der Waals surface area (Å²) in [7, 11) is 0. The highest BCUT2D eigenvalue weighted by atomic mass is 15.3. The number of benzene rings is 3. The molecule has 6 heteroatoms. The van der Waals surface area contributed by atoms with Crippen molar-refractivity contribution in [2.75, 3.05) is 29.4 Å². The van der Waals surface area contributed by atoms with Crippen LogP contribution in [0.15, 0.2) is 139 Å². The summed E-state index contributed by atoms with van der Waals surface area (Å²) >= 11 is 0. The average molecular weight is 535 g/mol. The van der Waals surface area contributed by atoms with E-state index >= 15 is 0 Å². The van der Waals surface area contributed by atoms with Gasteiger partial charge in [0, 0.05) is 66.9 Å². The molecule has 41 heavy (non-hydrogen) atoms. The largest absolute Gasteiger partial charge is 0.348 e. The lowest BCUT2D eigenvalue weighted by Crippen LogP contribution is -2.36. The number of fused-ring (bicyclic) bond motifs is 2. The van der Waals surface area contributed by atoms with Gasteiger partial charge in [-0.3, -0.25) is 4.99 Å². The summed E-state index contributed by atoms with van der Waals surface area (Å²) in [6.07, 6.45) is 14.4. The minimum absolute atomic E-state index is 0.822. The molecule has 0 unspecified atom stereocenters. The molecule has 0 saturated carbocycles. The molecule has 0 saturated heterocycles. The van der Waals surface area contributed by atoms with Gasteiger partial charge in [-0.05, 0) is 61.3 Å². The molecule has 2 aliphatic heterocycles. The quantitative estimate of drug-likeness (QED) is 0.210. The Kier molecular flexibility index (Phi) is 6.41. The predicted octanol–water partition coefficient (Wildman–Crippen LogP) is 7.68. The smallest absolute Gasteiger partial charge is 0.137 e. The van der Waals surface area contributed by atoms with E-state index in [1.54, 1.807) is 0 Å². The normalized spacial score (nSPS) is 14.9. The zero-order valence-electron chi connectivity index (χ0n) is 22.7. The van der Waals surface area contributed by atoms with E-state index in [2.05, 4.69) is 128 Å². The minimum Gasteiger partial charge on any atom is -0.348 e. The first-order valence-electron chi connectivity index (χ1n) is 13.8. The van der Waals surface area contributed by atoms with Gasteiger partial charge in [-0.1, -0.05) is 54.6 Å². The molecule has 0 bridgehead atoms. The van der Waals surface area contributed by atoms with Gasteiger partial charge in [-0.15, -0.1) is 0 Å². The second kappa shape index (κ2) is 10.7. The highest BCUT2D eigenvalue weighted by Gasteiger charge is 2.25. The maximum Gasteiger partial charge on any atom is 0.137 e. The Morgan fingerprint density at radius 3 is 2.29 bits per heavy atom. The second-order valence-electron chi connectivity index (χ2n) is 10.1. The predicted molar refractivity (Wildman–Crippen MR) is 170 cm³/mol. The van der Waals surface area contributed by atoms with Gasteiger partial charge < -0.3 is 19.1 Å². The van der Waals surface area contributed by atoms with Crippen LogP contribution in [0.3, 0.4) is 0 Å². The van der Waals surface area contributed by atoms with Gasteiger partial charge in [0.05, 0.1) is 22.8 Å². The van der Waals surface area contributed by atoms with Crippen LogP contribution in [-0.4, -0.2) is 40.6 Å². The Balaban J connectivity index is 1.21. The Morgan fingerprint density at radius 2 is 1.56 bits per heavy atom. The maximum absolute atomic E-state index is 4.84. The molecule has 0 N–H and O–H groups in total. The van der Waals surface area contributed by atoms with Crippen molar-refractivity contribution in [2.45, 2.75) is 0 Å². The molecule has 0 aliphatic carbocycles. The van der Waals surface area contributed by atoms with Crippen LogP contribution >= 0.6 is 0 Å². The summed E-state index contributed by atoms with van der Waals surface area (Å²) in [6.45, 7) is 6.37. The van der Waals surface area contributed by atoms with Crippen LogP contribution in [0.25, 0.3) is 22.6 Å². The summed E-state index contributed by atoms with van der Waals surface area (Å²) in [4.78, 5) is 16.1. The van der Waals surface area contributed by atoms with Crippen molar-refractivity contribution in [1.82, 2.24) is 14.3 Å². The summed E-state index contributed by atoms with van der Waals surface area (Å²) in [5.74, 6) is 0. The maximum atomic E-state index is 4.84. The van der Waals surface area contributed by atoms with E-state index in [9.17, 15) is 0 Å². The van der Waals surface area contributed by atoms with Crippen molar-refractivity contribution in [1.29, 1.82) is 0 Å². The number of aliphatic imine (C=N–C) groups is 1. The topological polar surface area (TPSA) is 39.4 Å². The first-order chi connectivity index (χ1) is 20.3. The van der Waals surface area contributed by atoms with Crippen molar-refractivity contribution in [2.24, 2.45) is 4.99 Å². The lowest BCUT2D eigenvalue weighted by atomic mass is 10.1. The van der Waals surface area contributed by atoms with Crippen molar-refractivity contribution in [3.8, 4) is 11.3 Å². The van der Waals surface area contributed by atoms with Gasteiger partial charge in [-0.25, -0.2) is 4.98 Å². The average Bonchev–Trinajstić information content (AvgIpc) is 3.48. The van der Waals surface area contributed by atoms with Gasteiger partial charge in [0.2, 0.25) is 0 Å². The first kappa shape index (κ1) is 24.7. The summed E-state index contributed by atoms with van der Waals surface area (Å²) < 4.78 is 2.06. The molecule has 6 nitrogen and oxygen atoms in total. The molecule has 0 radical (unpaired) electrons. The highest BCUT2D eigenvalue weighted by molar-refractivity contribution is 5.85. The molecule has 200 valence electrons. The third-order valence-corrected chi connectivity index (χ3v) is 7.58. The summed E-state index contributed by atoms with van der Waals surface area (Å²) in [6, 6.07) is 32.0. The first-order valence-corrected chi connectivity index (χ1v) is 13.8. The molecular formula is C35H30N6. The SMILES string of the molecule is C=N/C(=C\N1C=CC=CC1)c1cccc(N2CCN(c3cccc(-c4cn5ccccc5n4)c3)c3ccccc32)c1. The number of aromatic nitrogens is 2. The molecule has 0 spiro atoms.